The summed E-state index contributed by atoms with van der Waals surface area (Å²) in [5.41, 5.74) is 0.408. The van der Waals surface area contributed by atoms with Gasteiger partial charge in [-0.1, -0.05) is 6.07 Å². The lowest BCUT2D eigenvalue weighted by Crippen LogP contribution is -2.36. The van der Waals surface area contributed by atoms with E-state index in [9.17, 15) is 14.9 Å². The van der Waals surface area contributed by atoms with Gasteiger partial charge in [-0.2, -0.15) is 0 Å². The third kappa shape index (κ3) is 3.73. The van der Waals surface area contributed by atoms with Crippen molar-refractivity contribution < 1.29 is 19.9 Å². The van der Waals surface area contributed by atoms with Gasteiger partial charge in [0.05, 0.1) is 18.1 Å². The van der Waals surface area contributed by atoms with E-state index in [1.165, 1.54) is 17.0 Å². The zero-order chi connectivity index (χ0) is 14.4. The fourth-order valence-electron chi connectivity index (χ4n) is 1.71. The van der Waals surface area contributed by atoms with E-state index in [-0.39, 0.29) is 37.6 Å². The molecule has 19 heavy (non-hydrogen) atoms. The highest BCUT2D eigenvalue weighted by Gasteiger charge is 2.24. The molecule has 1 rings (SSSR count). The van der Waals surface area contributed by atoms with E-state index >= 15 is 0 Å². The van der Waals surface area contributed by atoms with Crippen molar-refractivity contribution in [1.82, 2.24) is 4.90 Å². The summed E-state index contributed by atoms with van der Waals surface area (Å²) in [6.07, 6.45) is 0. The first kappa shape index (κ1) is 15.1. The Labute approximate surface area is 110 Å². The standard InChI is InChI=1S/C12H16N2O5/c1-9-2-3-11(14(18)19)10(8-9)12(17)13(4-6-15)5-7-16/h2-3,8,15-16H,4-7H2,1H3. The second kappa shape index (κ2) is 6.81. The van der Waals surface area contributed by atoms with Crippen LogP contribution in [0.5, 0.6) is 0 Å². The number of hydrogen-bond acceptors (Lipinski definition) is 5. The Morgan fingerprint density at radius 1 is 1.32 bits per heavy atom. The number of aliphatic hydroxyl groups is 2. The van der Waals surface area contributed by atoms with E-state index in [0.29, 0.717) is 0 Å². The Morgan fingerprint density at radius 3 is 2.37 bits per heavy atom. The number of nitro groups is 1. The fraction of sp³-hybridized carbons (Fsp3) is 0.417. The van der Waals surface area contributed by atoms with E-state index in [2.05, 4.69) is 0 Å². The maximum atomic E-state index is 12.2. The molecule has 7 nitrogen and oxygen atoms in total. The number of carbonyl (C=O) groups is 1. The zero-order valence-corrected chi connectivity index (χ0v) is 10.6. The van der Waals surface area contributed by atoms with Crippen molar-refractivity contribution in [2.45, 2.75) is 6.92 Å². The molecule has 1 aromatic rings. The number of rotatable bonds is 6. The first-order valence-electron chi connectivity index (χ1n) is 5.77. The molecule has 1 aromatic carbocycles. The molecule has 7 heteroatoms. The number of nitrogens with zero attached hydrogens (tertiary/aromatic N) is 2. The van der Waals surface area contributed by atoms with Gasteiger partial charge >= 0.3 is 0 Å². The van der Waals surface area contributed by atoms with Crippen LogP contribution in [-0.4, -0.2) is 52.2 Å². The van der Waals surface area contributed by atoms with Gasteiger partial charge in [-0.25, -0.2) is 0 Å². The second-order valence-electron chi connectivity index (χ2n) is 4.02. The van der Waals surface area contributed by atoms with Crippen molar-refractivity contribution in [3.05, 3.63) is 39.4 Å². The van der Waals surface area contributed by atoms with Crippen molar-refractivity contribution in [2.24, 2.45) is 0 Å². The number of aliphatic hydroxyl groups excluding tert-OH is 2. The molecule has 0 aliphatic heterocycles. The molecule has 0 aliphatic rings. The van der Waals surface area contributed by atoms with Gasteiger partial charge in [0.25, 0.3) is 11.6 Å². The predicted molar refractivity (Wildman–Crippen MR) is 67.9 cm³/mol. The predicted octanol–water partition coefficient (Wildman–Crippen LogP) is 0.330. The molecule has 2 N–H and O–H groups in total. The minimum atomic E-state index is -0.622. The molecule has 0 aromatic heterocycles. The summed E-state index contributed by atoms with van der Waals surface area (Å²) in [5.74, 6) is -0.571. The Bertz CT molecular complexity index is 469. The van der Waals surface area contributed by atoms with Gasteiger partial charge in [0.2, 0.25) is 0 Å². The Hall–Kier alpha value is -1.99. The van der Waals surface area contributed by atoms with E-state index in [1.54, 1.807) is 13.0 Å². The average molecular weight is 268 g/mol. The van der Waals surface area contributed by atoms with E-state index < -0.39 is 10.8 Å². The topological polar surface area (TPSA) is 104 Å². The van der Waals surface area contributed by atoms with Crippen LogP contribution in [0.4, 0.5) is 5.69 Å². The van der Waals surface area contributed by atoms with E-state index in [4.69, 9.17) is 10.2 Å². The average Bonchev–Trinajstić information content (AvgIpc) is 2.37. The molecular weight excluding hydrogens is 252 g/mol. The van der Waals surface area contributed by atoms with Crippen LogP contribution in [0.3, 0.4) is 0 Å². The van der Waals surface area contributed by atoms with Crippen molar-refractivity contribution >= 4 is 11.6 Å². The van der Waals surface area contributed by atoms with Crippen molar-refractivity contribution in [2.75, 3.05) is 26.3 Å². The summed E-state index contributed by atoms with van der Waals surface area (Å²) >= 11 is 0. The van der Waals surface area contributed by atoms with Gasteiger partial charge in [0.15, 0.2) is 0 Å². The molecule has 104 valence electrons. The summed E-state index contributed by atoms with van der Waals surface area (Å²) in [6.45, 7) is 1.22. The molecule has 0 radical (unpaired) electrons. The van der Waals surface area contributed by atoms with Crippen molar-refractivity contribution in [3.63, 3.8) is 0 Å². The van der Waals surface area contributed by atoms with Crippen LogP contribution < -0.4 is 0 Å². The Kier molecular flexibility index (Phi) is 5.40. The molecule has 0 saturated heterocycles. The number of benzene rings is 1. The number of hydrogen-bond donors (Lipinski definition) is 2. The third-order valence-corrected chi connectivity index (χ3v) is 2.61. The van der Waals surface area contributed by atoms with Gasteiger partial charge < -0.3 is 15.1 Å². The summed E-state index contributed by atoms with van der Waals surface area (Å²) in [6, 6.07) is 4.26. The summed E-state index contributed by atoms with van der Waals surface area (Å²) in [4.78, 5) is 23.7. The van der Waals surface area contributed by atoms with Crippen LogP contribution in [0.25, 0.3) is 0 Å². The SMILES string of the molecule is Cc1ccc([N+](=O)[O-])c(C(=O)N(CCO)CCO)c1. The smallest absolute Gasteiger partial charge is 0.282 e. The number of carbonyl (C=O) groups excluding carboxylic acids is 1. The highest BCUT2D eigenvalue weighted by molar-refractivity contribution is 5.98. The summed E-state index contributed by atoms with van der Waals surface area (Å²) in [5, 5.41) is 28.7. The van der Waals surface area contributed by atoms with Gasteiger partial charge in [-0.05, 0) is 18.6 Å². The maximum Gasteiger partial charge on any atom is 0.282 e. The highest BCUT2D eigenvalue weighted by atomic mass is 16.6. The lowest BCUT2D eigenvalue weighted by atomic mass is 10.1. The lowest BCUT2D eigenvalue weighted by Gasteiger charge is -2.20. The Morgan fingerprint density at radius 2 is 1.89 bits per heavy atom. The third-order valence-electron chi connectivity index (χ3n) is 2.61. The molecule has 0 bridgehead atoms. The highest BCUT2D eigenvalue weighted by Crippen LogP contribution is 2.21. The summed E-state index contributed by atoms with van der Waals surface area (Å²) in [7, 11) is 0. The quantitative estimate of drug-likeness (QED) is 0.571. The molecule has 0 unspecified atom stereocenters. The van der Waals surface area contributed by atoms with Gasteiger partial charge in [0, 0.05) is 19.2 Å². The first-order chi connectivity index (χ1) is 9.01. The monoisotopic (exact) mass is 268 g/mol. The number of amides is 1. The minimum Gasteiger partial charge on any atom is -0.395 e. The van der Waals surface area contributed by atoms with Crippen LogP contribution in [0.2, 0.25) is 0 Å². The normalized spacial score (nSPS) is 10.3. The second-order valence-corrected chi connectivity index (χ2v) is 4.02. The molecule has 0 atom stereocenters. The molecule has 0 aliphatic carbocycles. The lowest BCUT2D eigenvalue weighted by molar-refractivity contribution is -0.385. The van der Waals surface area contributed by atoms with Gasteiger partial charge in [0.1, 0.15) is 5.56 Å². The fourth-order valence-corrected chi connectivity index (χ4v) is 1.71. The maximum absolute atomic E-state index is 12.2. The van der Waals surface area contributed by atoms with Gasteiger partial charge in [-0.15, -0.1) is 0 Å². The van der Waals surface area contributed by atoms with Crippen molar-refractivity contribution in [1.29, 1.82) is 0 Å². The molecule has 0 saturated carbocycles. The largest absolute Gasteiger partial charge is 0.395 e. The van der Waals surface area contributed by atoms with Crippen LogP contribution in [0.1, 0.15) is 15.9 Å². The molecule has 1 amide bonds. The van der Waals surface area contributed by atoms with Crippen LogP contribution in [0.15, 0.2) is 18.2 Å². The minimum absolute atomic E-state index is 0.0183. The molecule has 0 fully saturated rings. The molecular formula is C12H16N2O5. The van der Waals surface area contributed by atoms with E-state index in [1.807, 2.05) is 0 Å². The zero-order valence-electron chi connectivity index (χ0n) is 10.6. The molecule has 0 heterocycles. The number of nitro benzene ring substituents is 1. The summed E-state index contributed by atoms with van der Waals surface area (Å²) < 4.78 is 0. The van der Waals surface area contributed by atoms with E-state index in [0.717, 1.165) is 5.56 Å². The van der Waals surface area contributed by atoms with Gasteiger partial charge in [-0.3, -0.25) is 14.9 Å². The Balaban J connectivity index is 3.15. The van der Waals surface area contributed by atoms with Crippen LogP contribution >= 0.6 is 0 Å². The van der Waals surface area contributed by atoms with Crippen LogP contribution in [0, 0.1) is 17.0 Å². The van der Waals surface area contributed by atoms with Crippen molar-refractivity contribution in [3.8, 4) is 0 Å². The van der Waals surface area contributed by atoms with Crippen LogP contribution in [-0.2, 0) is 0 Å². The molecule has 0 spiro atoms. The number of aryl methyl sites for hydroxylation is 1. The first-order valence-corrected chi connectivity index (χ1v) is 5.77.